The van der Waals surface area contributed by atoms with Gasteiger partial charge in [-0.2, -0.15) is 0 Å². The molecule has 1 atom stereocenters. The molecule has 1 unspecified atom stereocenters. The zero-order valence-corrected chi connectivity index (χ0v) is 15.4. The fourth-order valence-electron chi connectivity index (χ4n) is 2.97. The number of aromatic nitrogens is 2. The highest BCUT2D eigenvalue weighted by Gasteiger charge is 2.20. The number of hydrogen-bond donors (Lipinski definition) is 2. The van der Waals surface area contributed by atoms with Gasteiger partial charge >= 0.3 is 0 Å². The van der Waals surface area contributed by atoms with E-state index in [4.69, 9.17) is 0 Å². The number of aromatic hydroxyl groups is 1. The van der Waals surface area contributed by atoms with Crippen molar-refractivity contribution in [3.8, 4) is 5.75 Å². The average molecular weight is 406 g/mol. The fourth-order valence-corrected chi connectivity index (χ4v) is 3.21. The van der Waals surface area contributed by atoms with E-state index in [9.17, 15) is 5.11 Å². The topological polar surface area (TPSA) is 58.0 Å². The number of phenolic OH excluding ortho intramolecular Hbond substituents is 1. The van der Waals surface area contributed by atoms with Crippen LogP contribution in [0.15, 0.2) is 83.6 Å². The molecule has 0 amide bonds. The van der Waals surface area contributed by atoms with Crippen molar-refractivity contribution in [3.05, 3.63) is 94.7 Å². The van der Waals surface area contributed by atoms with Crippen LogP contribution >= 0.6 is 15.9 Å². The first-order valence-corrected chi connectivity index (χ1v) is 9.01. The van der Waals surface area contributed by atoms with Crippen molar-refractivity contribution in [2.24, 2.45) is 0 Å². The molecule has 0 spiro atoms. The first-order valence-electron chi connectivity index (χ1n) is 8.22. The van der Waals surface area contributed by atoms with Gasteiger partial charge in [0.1, 0.15) is 17.1 Å². The van der Waals surface area contributed by atoms with Gasteiger partial charge in [0.15, 0.2) is 0 Å². The normalized spacial score (nSPS) is 12.0. The second kappa shape index (κ2) is 7.14. The average Bonchev–Trinajstić information content (AvgIpc) is 2.69. The van der Waals surface area contributed by atoms with Crippen LogP contribution in [0.4, 0.5) is 5.82 Å². The van der Waals surface area contributed by atoms with Crippen molar-refractivity contribution < 1.29 is 5.11 Å². The highest BCUT2D eigenvalue weighted by Crippen LogP contribution is 2.36. The van der Waals surface area contributed by atoms with Gasteiger partial charge in [0.2, 0.25) is 0 Å². The molecule has 2 N–H and O–H groups in total. The smallest absolute Gasteiger partial charge is 0.147 e. The molecule has 0 bridgehead atoms. The van der Waals surface area contributed by atoms with E-state index in [1.54, 1.807) is 12.4 Å². The minimum Gasteiger partial charge on any atom is -0.505 e. The van der Waals surface area contributed by atoms with Gasteiger partial charge in [-0.1, -0.05) is 48.5 Å². The number of nitrogens with zero attached hydrogens (tertiary/aromatic N) is 2. The van der Waals surface area contributed by atoms with Crippen LogP contribution in [0.2, 0.25) is 0 Å². The number of phenols is 1. The van der Waals surface area contributed by atoms with Crippen molar-refractivity contribution >= 4 is 32.7 Å². The lowest BCUT2D eigenvalue weighted by atomic mass is 9.96. The number of pyridine rings is 2. The van der Waals surface area contributed by atoms with Crippen LogP contribution in [0, 0.1) is 0 Å². The minimum atomic E-state index is -0.253. The summed E-state index contributed by atoms with van der Waals surface area (Å²) < 4.78 is 0.914. The van der Waals surface area contributed by atoms with Crippen LogP contribution in [0.25, 0.3) is 10.9 Å². The molecule has 5 heteroatoms. The third-order valence-corrected chi connectivity index (χ3v) is 4.71. The summed E-state index contributed by atoms with van der Waals surface area (Å²) in [5, 5.41) is 15.2. The lowest BCUT2D eigenvalue weighted by molar-refractivity contribution is 0.471. The van der Waals surface area contributed by atoms with E-state index in [1.165, 1.54) is 0 Å². The lowest BCUT2D eigenvalue weighted by Gasteiger charge is -2.22. The highest BCUT2D eigenvalue weighted by molar-refractivity contribution is 9.10. The number of fused-ring (bicyclic) bond motifs is 1. The van der Waals surface area contributed by atoms with Crippen LogP contribution in [0.3, 0.4) is 0 Å². The Hall–Kier alpha value is -2.92. The van der Waals surface area contributed by atoms with E-state index in [2.05, 4.69) is 31.2 Å². The molecule has 128 valence electrons. The molecule has 0 radical (unpaired) electrons. The maximum Gasteiger partial charge on any atom is 0.147 e. The first-order chi connectivity index (χ1) is 12.7. The summed E-state index contributed by atoms with van der Waals surface area (Å²) in [6, 6.07) is 21.3. The van der Waals surface area contributed by atoms with E-state index in [0.717, 1.165) is 26.8 Å². The number of anilines is 1. The maximum atomic E-state index is 10.9. The summed E-state index contributed by atoms with van der Waals surface area (Å²) >= 11 is 3.40. The summed E-state index contributed by atoms with van der Waals surface area (Å²) in [6.07, 6.45) is 3.43. The van der Waals surface area contributed by atoms with Gasteiger partial charge < -0.3 is 10.4 Å². The zero-order valence-electron chi connectivity index (χ0n) is 13.8. The van der Waals surface area contributed by atoms with Crippen molar-refractivity contribution in [1.29, 1.82) is 0 Å². The van der Waals surface area contributed by atoms with Gasteiger partial charge in [-0.05, 0) is 39.7 Å². The predicted octanol–water partition coefficient (Wildman–Crippen LogP) is 5.30. The molecule has 4 rings (SSSR count). The molecule has 2 aromatic heterocycles. The molecule has 0 aliphatic rings. The Bertz CT molecular complexity index is 1040. The molecule has 4 aromatic rings. The summed E-state index contributed by atoms with van der Waals surface area (Å²) in [6.45, 7) is 0. The predicted molar refractivity (Wildman–Crippen MR) is 107 cm³/mol. The largest absolute Gasteiger partial charge is 0.505 e. The van der Waals surface area contributed by atoms with E-state index >= 15 is 0 Å². The minimum absolute atomic E-state index is 0.182. The quantitative estimate of drug-likeness (QED) is 0.483. The van der Waals surface area contributed by atoms with Crippen LogP contribution in [0.1, 0.15) is 17.2 Å². The Labute approximate surface area is 159 Å². The number of nitrogens with one attached hydrogen (secondary N) is 1. The molecule has 0 saturated carbocycles. The van der Waals surface area contributed by atoms with Gasteiger partial charge in [0.05, 0.1) is 6.04 Å². The van der Waals surface area contributed by atoms with Crippen molar-refractivity contribution in [1.82, 2.24) is 9.97 Å². The van der Waals surface area contributed by atoms with Crippen LogP contribution < -0.4 is 5.32 Å². The third-order valence-electron chi connectivity index (χ3n) is 4.24. The Morgan fingerprint density at radius 1 is 0.885 bits per heavy atom. The van der Waals surface area contributed by atoms with Gasteiger partial charge in [0, 0.05) is 27.8 Å². The number of halogens is 1. The van der Waals surface area contributed by atoms with Crippen LogP contribution in [0.5, 0.6) is 5.75 Å². The number of benzene rings is 2. The third kappa shape index (κ3) is 3.26. The number of rotatable bonds is 4. The zero-order chi connectivity index (χ0) is 17.9. The molecular formula is C21H16BrN3O. The summed E-state index contributed by atoms with van der Waals surface area (Å²) in [5.41, 5.74) is 2.38. The van der Waals surface area contributed by atoms with Gasteiger partial charge in [-0.15, -0.1) is 0 Å². The SMILES string of the molecule is Oc1c(C(Nc2ccc(Br)cn2)c2ccccc2)ccc2cccnc12. The number of hydrogen-bond acceptors (Lipinski definition) is 4. The van der Waals surface area contributed by atoms with Crippen LogP contribution in [-0.4, -0.2) is 15.1 Å². The second-order valence-corrected chi connectivity index (χ2v) is 6.84. The Kier molecular flexibility index (Phi) is 4.54. The monoisotopic (exact) mass is 405 g/mol. The first kappa shape index (κ1) is 16.5. The fraction of sp³-hybridized carbons (Fsp3) is 0.0476. The summed E-state index contributed by atoms with van der Waals surface area (Å²) in [5.74, 6) is 0.907. The van der Waals surface area contributed by atoms with E-state index in [1.807, 2.05) is 66.7 Å². The van der Waals surface area contributed by atoms with Gasteiger partial charge in [-0.3, -0.25) is 4.98 Å². The molecule has 2 heterocycles. The molecule has 0 aliphatic heterocycles. The van der Waals surface area contributed by atoms with E-state index in [-0.39, 0.29) is 11.8 Å². The molecular weight excluding hydrogens is 390 g/mol. The van der Waals surface area contributed by atoms with Crippen molar-refractivity contribution in [3.63, 3.8) is 0 Å². The Balaban J connectivity index is 1.83. The van der Waals surface area contributed by atoms with E-state index in [0.29, 0.717) is 5.52 Å². The summed E-state index contributed by atoms with van der Waals surface area (Å²) in [4.78, 5) is 8.74. The summed E-state index contributed by atoms with van der Waals surface area (Å²) in [7, 11) is 0. The lowest BCUT2D eigenvalue weighted by Crippen LogP contribution is -2.13. The molecule has 4 nitrogen and oxygen atoms in total. The standard InChI is InChI=1S/C21H16BrN3O/c22-16-9-11-18(24-13-16)25-19(14-5-2-1-3-6-14)17-10-8-15-7-4-12-23-20(15)21(17)26/h1-13,19,26H,(H,24,25). The van der Waals surface area contributed by atoms with Crippen molar-refractivity contribution in [2.75, 3.05) is 5.32 Å². The molecule has 0 saturated heterocycles. The van der Waals surface area contributed by atoms with Crippen molar-refractivity contribution in [2.45, 2.75) is 6.04 Å². The van der Waals surface area contributed by atoms with Crippen LogP contribution in [-0.2, 0) is 0 Å². The highest BCUT2D eigenvalue weighted by atomic mass is 79.9. The molecule has 0 aliphatic carbocycles. The maximum absolute atomic E-state index is 10.9. The molecule has 0 fully saturated rings. The Morgan fingerprint density at radius 2 is 1.73 bits per heavy atom. The Morgan fingerprint density at radius 3 is 2.50 bits per heavy atom. The molecule has 26 heavy (non-hydrogen) atoms. The van der Waals surface area contributed by atoms with Gasteiger partial charge in [-0.25, -0.2) is 4.98 Å². The second-order valence-electron chi connectivity index (χ2n) is 5.93. The molecule has 2 aromatic carbocycles. The van der Waals surface area contributed by atoms with E-state index < -0.39 is 0 Å². The van der Waals surface area contributed by atoms with Gasteiger partial charge in [0.25, 0.3) is 0 Å².